The molecule has 1 saturated heterocycles. The monoisotopic (exact) mass is 873 g/mol. The number of hydrogen-bond acceptors (Lipinski definition) is 12. The molecule has 1 aliphatic heterocycles. The molecule has 2 rings (SSSR count). The van der Waals surface area contributed by atoms with Gasteiger partial charge in [0.15, 0.2) is 0 Å². The Morgan fingerprint density at radius 3 is 1.81 bits per heavy atom. The van der Waals surface area contributed by atoms with Gasteiger partial charge in [0, 0.05) is 19.4 Å². The highest BCUT2D eigenvalue weighted by Crippen LogP contribution is 2.18. The molecule has 0 unspecified atom stereocenters. The Hall–Kier alpha value is -6.65. The molecule has 14 N–H and O–H groups in total. The zero-order chi connectivity index (χ0) is 46.5. The first kappa shape index (κ1) is 51.5. The topological polar surface area (TPSA) is 374 Å². The Balaban J connectivity index is 1.96. The van der Waals surface area contributed by atoms with Crippen LogP contribution in [0.15, 0.2) is 30.3 Å². The van der Waals surface area contributed by atoms with E-state index in [9.17, 15) is 57.8 Å². The normalized spacial score (nSPS) is 15.7. The molecule has 6 atom stereocenters. The highest BCUT2D eigenvalue weighted by atomic mass is 16.4. The Morgan fingerprint density at radius 2 is 1.24 bits per heavy atom. The maximum absolute atomic E-state index is 13.4. The minimum atomic E-state index is -1.43. The fourth-order valence-corrected chi connectivity index (χ4v) is 6.25. The summed E-state index contributed by atoms with van der Waals surface area (Å²) in [5.41, 5.74) is 17.2. The first-order valence-electron chi connectivity index (χ1n) is 20.1. The number of hydrogen-bond donors (Lipinski definition) is 11. The lowest BCUT2D eigenvalue weighted by Gasteiger charge is -2.27. The molecule has 1 aliphatic rings. The van der Waals surface area contributed by atoms with Gasteiger partial charge in [0.1, 0.15) is 30.2 Å². The molecule has 0 aromatic heterocycles. The fraction of sp³-hybridized carbons (Fsp3) is 0.564. The van der Waals surface area contributed by atoms with E-state index in [4.69, 9.17) is 17.2 Å². The van der Waals surface area contributed by atoms with E-state index >= 15 is 0 Å². The van der Waals surface area contributed by atoms with Crippen LogP contribution in [0.25, 0.3) is 0 Å². The van der Waals surface area contributed by atoms with Gasteiger partial charge in [-0.2, -0.15) is 0 Å². The van der Waals surface area contributed by atoms with E-state index in [0.717, 1.165) is 5.56 Å². The molecule has 10 amide bonds. The van der Waals surface area contributed by atoms with Gasteiger partial charge in [0.25, 0.3) is 0 Å². The molecule has 342 valence electrons. The van der Waals surface area contributed by atoms with Crippen LogP contribution >= 0.6 is 0 Å². The minimum Gasteiger partial charge on any atom is -0.480 e. The second-order valence-electron chi connectivity index (χ2n) is 15.2. The van der Waals surface area contributed by atoms with Crippen molar-refractivity contribution in [3.8, 4) is 0 Å². The van der Waals surface area contributed by atoms with Crippen molar-refractivity contribution in [2.24, 2.45) is 23.1 Å². The lowest BCUT2D eigenvalue weighted by Crippen LogP contribution is -2.56. The molecule has 0 aliphatic carbocycles. The van der Waals surface area contributed by atoms with Crippen molar-refractivity contribution in [2.75, 3.05) is 26.2 Å². The van der Waals surface area contributed by atoms with Crippen molar-refractivity contribution in [1.29, 1.82) is 0 Å². The summed E-state index contributed by atoms with van der Waals surface area (Å²) in [5, 5.41) is 26.0. The summed E-state index contributed by atoms with van der Waals surface area (Å²) in [6.45, 7) is 3.27. The molecule has 23 nitrogen and oxygen atoms in total. The van der Waals surface area contributed by atoms with Crippen LogP contribution in [0, 0.1) is 5.92 Å². The number of amides is 10. The molecule has 0 radical (unpaired) electrons. The van der Waals surface area contributed by atoms with Crippen LogP contribution in [0.5, 0.6) is 0 Å². The zero-order valence-corrected chi connectivity index (χ0v) is 35.0. The molecule has 1 aromatic carbocycles. The quantitative estimate of drug-likeness (QED) is 0.0419. The SMILES string of the molecule is CC(C)C[C@H](NC(=O)CNC(=O)[C@H](CCC(N)=O)NC(=O)[C@@H]1CCCN1C(=O)CNC(=O)[C@@H](N)Cc1ccccc1)C(=O)N[C@@H](C)C(=O)NCC(=O)N[C@@H](CCC(N)=O)C(=O)O. The Kier molecular flexibility index (Phi) is 21.5. The van der Waals surface area contributed by atoms with Crippen LogP contribution in [0.3, 0.4) is 0 Å². The smallest absolute Gasteiger partial charge is 0.326 e. The Bertz CT molecular complexity index is 1800. The number of carbonyl (C=O) groups is 11. The van der Waals surface area contributed by atoms with Crippen molar-refractivity contribution >= 4 is 65.0 Å². The molecule has 1 aromatic rings. The van der Waals surface area contributed by atoms with Gasteiger partial charge in [0.05, 0.1) is 25.7 Å². The predicted molar refractivity (Wildman–Crippen MR) is 219 cm³/mol. The van der Waals surface area contributed by atoms with Gasteiger partial charge in [-0.15, -0.1) is 0 Å². The van der Waals surface area contributed by atoms with Crippen molar-refractivity contribution < 1.29 is 57.8 Å². The van der Waals surface area contributed by atoms with Crippen molar-refractivity contribution in [2.45, 2.75) is 108 Å². The third kappa shape index (κ3) is 18.7. The number of likely N-dealkylation sites (tertiary alicyclic amines) is 1. The van der Waals surface area contributed by atoms with E-state index in [1.165, 1.54) is 11.8 Å². The molecular weight excluding hydrogens is 814 g/mol. The van der Waals surface area contributed by atoms with E-state index in [1.807, 2.05) is 18.2 Å². The number of carboxylic acid groups (broad SMARTS) is 1. The number of benzene rings is 1. The predicted octanol–water partition coefficient (Wildman–Crippen LogP) is -4.48. The van der Waals surface area contributed by atoms with E-state index < -0.39 is 121 Å². The van der Waals surface area contributed by atoms with Crippen molar-refractivity contribution in [3.05, 3.63) is 35.9 Å². The summed E-state index contributed by atoms with van der Waals surface area (Å²) in [5.74, 6) is -9.10. The van der Waals surface area contributed by atoms with Crippen molar-refractivity contribution in [1.82, 2.24) is 42.1 Å². The number of nitrogens with zero attached hydrogens (tertiary/aromatic N) is 1. The maximum Gasteiger partial charge on any atom is 0.326 e. The third-order valence-corrected chi connectivity index (χ3v) is 9.51. The Morgan fingerprint density at radius 1 is 0.694 bits per heavy atom. The van der Waals surface area contributed by atoms with Crippen LogP contribution < -0.4 is 54.4 Å². The summed E-state index contributed by atoms with van der Waals surface area (Å²) >= 11 is 0. The molecule has 0 saturated carbocycles. The number of carboxylic acids is 1. The number of nitrogens with one attached hydrogen (secondary N) is 7. The second kappa shape index (κ2) is 25.9. The highest BCUT2D eigenvalue weighted by Gasteiger charge is 2.36. The van der Waals surface area contributed by atoms with Gasteiger partial charge in [-0.1, -0.05) is 44.2 Å². The number of primary amides is 2. The maximum atomic E-state index is 13.4. The van der Waals surface area contributed by atoms with Gasteiger partial charge in [-0.3, -0.25) is 47.9 Å². The summed E-state index contributed by atoms with van der Waals surface area (Å²) in [6, 6.07) is 1.92. The van der Waals surface area contributed by atoms with E-state index in [0.29, 0.717) is 6.42 Å². The Labute approximate surface area is 358 Å². The first-order chi connectivity index (χ1) is 29.2. The van der Waals surface area contributed by atoms with E-state index in [-0.39, 0.29) is 57.4 Å². The van der Waals surface area contributed by atoms with Crippen molar-refractivity contribution in [3.63, 3.8) is 0 Å². The molecule has 0 bridgehead atoms. The summed E-state index contributed by atoms with van der Waals surface area (Å²) in [4.78, 5) is 139. The standard InChI is InChI=1S/C39H59N11O12/c1-21(2)16-27(37(59)46-22(3)34(56)43-18-31(53)47-26(39(61)62)12-14-30(42)52)48-32(54)19-44-36(58)25(11-13-29(41)51)49-38(60)28-10-7-15-50(28)33(55)20-45-35(57)24(40)17-23-8-5-4-6-9-23/h4-6,8-9,21-22,24-28H,7,10-20,40H2,1-3H3,(H2,41,51)(H2,42,52)(H,43,56)(H,44,58)(H,45,57)(H,46,59)(H,47,53)(H,48,54)(H,49,60)(H,61,62)/t22-,24-,25-,26-,27-,28-/m0/s1. The van der Waals surface area contributed by atoms with Crippen LogP contribution in [0.1, 0.15) is 71.3 Å². The van der Waals surface area contributed by atoms with Crippen LogP contribution in [-0.2, 0) is 59.2 Å². The number of carbonyl (C=O) groups excluding carboxylic acids is 10. The largest absolute Gasteiger partial charge is 0.480 e. The molecule has 0 spiro atoms. The average molecular weight is 874 g/mol. The molecule has 1 fully saturated rings. The lowest BCUT2D eigenvalue weighted by atomic mass is 10.0. The summed E-state index contributed by atoms with van der Waals surface area (Å²) in [7, 11) is 0. The molecule has 23 heteroatoms. The second-order valence-corrected chi connectivity index (χ2v) is 15.2. The van der Waals surface area contributed by atoms with Gasteiger partial charge in [0.2, 0.25) is 59.1 Å². The van der Waals surface area contributed by atoms with Gasteiger partial charge in [-0.25, -0.2) is 4.79 Å². The number of nitrogens with two attached hydrogens (primary N) is 3. The number of aliphatic carboxylic acids is 1. The summed E-state index contributed by atoms with van der Waals surface area (Å²) < 4.78 is 0. The van der Waals surface area contributed by atoms with Crippen LogP contribution in [-0.4, -0.2) is 137 Å². The van der Waals surface area contributed by atoms with Gasteiger partial charge >= 0.3 is 5.97 Å². The lowest BCUT2D eigenvalue weighted by molar-refractivity contribution is -0.142. The van der Waals surface area contributed by atoms with Gasteiger partial charge in [-0.05, 0) is 56.9 Å². The molecular formula is C39H59N11O12. The van der Waals surface area contributed by atoms with E-state index in [1.54, 1.807) is 26.0 Å². The minimum absolute atomic E-state index is 0.0994. The van der Waals surface area contributed by atoms with E-state index in [2.05, 4.69) is 37.2 Å². The molecule has 1 heterocycles. The van der Waals surface area contributed by atoms with Crippen LogP contribution in [0.2, 0.25) is 0 Å². The average Bonchev–Trinajstić information content (AvgIpc) is 3.71. The molecule has 62 heavy (non-hydrogen) atoms. The fourth-order valence-electron chi connectivity index (χ4n) is 6.25. The zero-order valence-electron chi connectivity index (χ0n) is 35.0. The third-order valence-electron chi connectivity index (χ3n) is 9.51. The highest BCUT2D eigenvalue weighted by molar-refractivity contribution is 5.97. The number of rotatable bonds is 26. The van der Waals surface area contributed by atoms with Crippen LogP contribution in [0.4, 0.5) is 0 Å². The summed E-state index contributed by atoms with van der Waals surface area (Å²) in [6.07, 6.45) is -0.101. The first-order valence-corrected chi connectivity index (χ1v) is 20.1. The van der Waals surface area contributed by atoms with Gasteiger partial charge < -0.3 is 64.4 Å².